The van der Waals surface area contributed by atoms with Crippen molar-refractivity contribution in [3.63, 3.8) is 0 Å². The Hall–Kier alpha value is -3.63. The summed E-state index contributed by atoms with van der Waals surface area (Å²) >= 11 is 0. The van der Waals surface area contributed by atoms with Gasteiger partial charge in [-0.1, -0.05) is 0 Å². The standard InChI is InChI=1S/C21H24FN3O7/c1-4-23-11-15(20(28)29)19(27)14-9-16(22)18(10-17(14)23)24-5-7-25(8-6-24)21(30)32-13(3)31-12(2)26/h9-11,13H,4-8H2,1-3H3,(H,28,29). The molecule has 1 amide bonds. The molecule has 10 nitrogen and oxygen atoms in total. The molecule has 1 N–H and O–H groups in total. The molecule has 1 unspecified atom stereocenters. The molecule has 0 aliphatic carbocycles. The van der Waals surface area contributed by atoms with E-state index in [0.29, 0.717) is 25.2 Å². The van der Waals surface area contributed by atoms with Crippen LogP contribution < -0.4 is 10.3 Å². The van der Waals surface area contributed by atoms with E-state index in [9.17, 15) is 28.7 Å². The first kappa shape index (κ1) is 23.0. The molecule has 2 heterocycles. The molecule has 1 atom stereocenters. The van der Waals surface area contributed by atoms with Gasteiger partial charge in [-0.25, -0.2) is 14.0 Å². The molecule has 0 radical (unpaired) electrons. The quantitative estimate of drug-likeness (QED) is 0.544. The molecule has 0 spiro atoms. The number of piperazine rings is 1. The number of aromatic nitrogens is 1. The van der Waals surface area contributed by atoms with Crippen LogP contribution >= 0.6 is 0 Å². The monoisotopic (exact) mass is 449 g/mol. The molecule has 3 rings (SSSR count). The van der Waals surface area contributed by atoms with Crippen LogP contribution in [0.5, 0.6) is 0 Å². The normalized spacial score (nSPS) is 14.9. The highest BCUT2D eigenvalue weighted by molar-refractivity contribution is 5.93. The fourth-order valence-corrected chi connectivity index (χ4v) is 3.66. The number of carbonyl (C=O) groups is 3. The highest BCUT2D eigenvalue weighted by Crippen LogP contribution is 2.26. The van der Waals surface area contributed by atoms with E-state index in [1.807, 2.05) is 0 Å². The minimum absolute atomic E-state index is 0.00493. The Bertz CT molecular complexity index is 1120. The summed E-state index contributed by atoms with van der Waals surface area (Å²) in [7, 11) is 0. The summed E-state index contributed by atoms with van der Waals surface area (Å²) in [6.07, 6.45) is -0.400. The van der Waals surface area contributed by atoms with Gasteiger partial charge in [0.2, 0.25) is 11.7 Å². The Morgan fingerprint density at radius 1 is 1.16 bits per heavy atom. The number of nitrogens with zero attached hydrogens (tertiary/aromatic N) is 3. The molecule has 11 heteroatoms. The number of benzene rings is 1. The zero-order valence-electron chi connectivity index (χ0n) is 18.0. The van der Waals surface area contributed by atoms with E-state index in [0.717, 1.165) is 6.07 Å². The molecule has 1 aromatic heterocycles. The van der Waals surface area contributed by atoms with Gasteiger partial charge in [-0.2, -0.15) is 0 Å². The number of rotatable bonds is 5. The Morgan fingerprint density at radius 3 is 2.38 bits per heavy atom. The lowest BCUT2D eigenvalue weighted by atomic mass is 10.1. The molecule has 1 aliphatic heterocycles. The number of carboxylic acid groups (broad SMARTS) is 1. The number of carbonyl (C=O) groups excluding carboxylic acids is 2. The summed E-state index contributed by atoms with van der Waals surface area (Å²) in [5.74, 6) is -2.59. The second kappa shape index (κ2) is 9.25. The van der Waals surface area contributed by atoms with Gasteiger partial charge in [0.25, 0.3) is 0 Å². The van der Waals surface area contributed by atoms with Crippen molar-refractivity contribution in [2.75, 3.05) is 31.1 Å². The fourth-order valence-electron chi connectivity index (χ4n) is 3.66. The van der Waals surface area contributed by atoms with Crippen molar-refractivity contribution >= 4 is 34.6 Å². The van der Waals surface area contributed by atoms with Crippen molar-refractivity contribution in [1.29, 1.82) is 0 Å². The van der Waals surface area contributed by atoms with Gasteiger partial charge in [0, 0.05) is 58.2 Å². The predicted molar refractivity (Wildman–Crippen MR) is 112 cm³/mol. The van der Waals surface area contributed by atoms with Crippen molar-refractivity contribution in [3.05, 3.63) is 39.9 Å². The van der Waals surface area contributed by atoms with Gasteiger partial charge in [0.05, 0.1) is 11.2 Å². The van der Waals surface area contributed by atoms with Gasteiger partial charge >= 0.3 is 18.0 Å². The Labute approximate surface area is 182 Å². The first-order chi connectivity index (χ1) is 15.1. The molecule has 0 saturated carbocycles. The summed E-state index contributed by atoms with van der Waals surface area (Å²) in [5.41, 5.74) is -0.474. The molecule has 2 aromatic rings. The van der Waals surface area contributed by atoms with E-state index in [1.54, 1.807) is 16.4 Å². The van der Waals surface area contributed by atoms with E-state index >= 15 is 0 Å². The minimum Gasteiger partial charge on any atom is -0.477 e. The average Bonchev–Trinajstić information content (AvgIpc) is 2.73. The first-order valence-corrected chi connectivity index (χ1v) is 10.1. The third-order valence-corrected chi connectivity index (χ3v) is 5.20. The van der Waals surface area contributed by atoms with Crippen molar-refractivity contribution < 1.29 is 33.4 Å². The topological polar surface area (TPSA) is 118 Å². The van der Waals surface area contributed by atoms with Crippen molar-refractivity contribution in [1.82, 2.24) is 9.47 Å². The molecule has 0 bridgehead atoms. The van der Waals surface area contributed by atoms with Crippen LogP contribution in [0.4, 0.5) is 14.9 Å². The van der Waals surface area contributed by atoms with Gasteiger partial charge in [-0.05, 0) is 19.1 Å². The van der Waals surface area contributed by atoms with E-state index < -0.39 is 41.1 Å². The minimum atomic E-state index is -1.37. The van der Waals surface area contributed by atoms with Gasteiger partial charge in [-0.3, -0.25) is 9.59 Å². The highest BCUT2D eigenvalue weighted by atomic mass is 19.1. The number of hydrogen-bond acceptors (Lipinski definition) is 7. The van der Waals surface area contributed by atoms with E-state index in [1.165, 1.54) is 31.0 Å². The molecule has 1 fully saturated rings. The maximum atomic E-state index is 14.9. The van der Waals surface area contributed by atoms with Gasteiger partial charge in [0.15, 0.2) is 0 Å². The lowest BCUT2D eigenvalue weighted by molar-refractivity contribution is -0.163. The molecule has 1 saturated heterocycles. The average molecular weight is 449 g/mol. The smallest absolute Gasteiger partial charge is 0.412 e. The maximum Gasteiger partial charge on any atom is 0.412 e. The second-order valence-electron chi connectivity index (χ2n) is 7.32. The number of amides is 1. The third kappa shape index (κ3) is 4.66. The number of fused-ring (bicyclic) bond motifs is 1. The van der Waals surface area contributed by atoms with Crippen LogP contribution in [0, 0.1) is 5.82 Å². The van der Waals surface area contributed by atoms with Crippen LogP contribution in [0.2, 0.25) is 0 Å². The highest BCUT2D eigenvalue weighted by Gasteiger charge is 2.26. The zero-order chi connectivity index (χ0) is 23.6. The number of aromatic carboxylic acids is 1. The number of esters is 1. The van der Waals surface area contributed by atoms with Crippen molar-refractivity contribution in [2.45, 2.75) is 33.6 Å². The van der Waals surface area contributed by atoms with Crippen LogP contribution in [0.25, 0.3) is 10.9 Å². The SMILES string of the molecule is CCn1cc(C(=O)O)c(=O)c2cc(F)c(N3CCN(C(=O)OC(C)OC(C)=O)CC3)cc21. The van der Waals surface area contributed by atoms with Crippen molar-refractivity contribution in [2.24, 2.45) is 0 Å². The number of aryl methyl sites for hydroxylation is 1. The van der Waals surface area contributed by atoms with Crippen LogP contribution in [-0.4, -0.2) is 65.1 Å². The molecule has 1 aromatic carbocycles. The first-order valence-electron chi connectivity index (χ1n) is 10.1. The van der Waals surface area contributed by atoms with E-state index in [4.69, 9.17) is 9.47 Å². The molecule has 32 heavy (non-hydrogen) atoms. The van der Waals surface area contributed by atoms with E-state index in [2.05, 4.69) is 0 Å². The maximum absolute atomic E-state index is 14.9. The Balaban J connectivity index is 1.81. The number of anilines is 1. The summed E-state index contributed by atoms with van der Waals surface area (Å²) in [6.45, 7) is 5.95. The van der Waals surface area contributed by atoms with Gasteiger partial charge in [-0.15, -0.1) is 0 Å². The van der Waals surface area contributed by atoms with Crippen LogP contribution in [0.1, 0.15) is 31.1 Å². The Kier molecular flexibility index (Phi) is 6.66. The molecular formula is C21H24FN3O7. The number of halogens is 1. The lowest BCUT2D eigenvalue weighted by Gasteiger charge is -2.36. The van der Waals surface area contributed by atoms with Crippen LogP contribution in [0.15, 0.2) is 23.1 Å². The van der Waals surface area contributed by atoms with E-state index in [-0.39, 0.29) is 24.2 Å². The van der Waals surface area contributed by atoms with Gasteiger partial charge in [0.1, 0.15) is 11.4 Å². The summed E-state index contributed by atoms with van der Waals surface area (Å²) < 4.78 is 26.3. The Morgan fingerprint density at radius 2 is 1.81 bits per heavy atom. The summed E-state index contributed by atoms with van der Waals surface area (Å²) in [4.78, 5) is 50.2. The largest absolute Gasteiger partial charge is 0.477 e. The van der Waals surface area contributed by atoms with Crippen LogP contribution in [0.3, 0.4) is 0 Å². The number of carboxylic acids is 1. The predicted octanol–water partition coefficient (Wildman–Crippen LogP) is 2.03. The van der Waals surface area contributed by atoms with Crippen molar-refractivity contribution in [3.8, 4) is 0 Å². The number of hydrogen-bond donors (Lipinski definition) is 1. The summed E-state index contributed by atoms with van der Waals surface area (Å²) in [5, 5.41) is 9.25. The molecule has 172 valence electrons. The lowest BCUT2D eigenvalue weighted by Crippen LogP contribution is -2.49. The van der Waals surface area contributed by atoms with Gasteiger partial charge < -0.3 is 28.9 Å². The van der Waals surface area contributed by atoms with Crippen LogP contribution in [-0.2, 0) is 20.8 Å². The summed E-state index contributed by atoms with van der Waals surface area (Å²) in [6, 6.07) is 2.59. The third-order valence-electron chi connectivity index (χ3n) is 5.20. The number of ether oxygens (including phenoxy) is 2. The fraction of sp³-hybridized carbons (Fsp3) is 0.429. The molecular weight excluding hydrogens is 425 g/mol. The second-order valence-corrected chi connectivity index (χ2v) is 7.32. The number of pyridine rings is 1. The molecule has 1 aliphatic rings. The zero-order valence-corrected chi connectivity index (χ0v) is 18.0.